The van der Waals surface area contributed by atoms with Gasteiger partial charge in [-0.3, -0.25) is 4.79 Å². The van der Waals surface area contributed by atoms with E-state index in [1.165, 1.54) is 6.33 Å². The number of para-hydroxylation sites is 2. The summed E-state index contributed by atoms with van der Waals surface area (Å²) in [6.45, 7) is 8.87. The molecule has 1 aromatic carbocycles. The van der Waals surface area contributed by atoms with Crippen molar-refractivity contribution in [2.24, 2.45) is 5.92 Å². The number of benzene rings is 1. The van der Waals surface area contributed by atoms with Crippen molar-refractivity contribution in [2.45, 2.75) is 33.8 Å². The molecule has 0 aliphatic rings. The quantitative estimate of drug-likeness (QED) is 0.812. The van der Waals surface area contributed by atoms with E-state index in [0.29, 0.717) is 28.9 Å². The van der Waals surface area contributed by atoms with E-state index in [1.807, 2.05) is 32.0 Å². The first-order chi connectivity index (χ1) is 11.5. The molecule has 0 radical (unpaired) electrons. The number of amides is 1. The number of ether oxygens (including phenoxy) is 1. The maximum Gasteiger partial charge on any atom is 0.274 e. The summed E-state index contributed by atoms with van der Waals surface area (Å²) in [5, 5.41) is 6.03. The molecule has 1 amide bonds. The SMILES string of the molecule is CC(C)CNc1cc(C(=O)Nc2ccccc2OC(C)C)ncn1. The molecule has 0 saturated heterocycles. The van der Waals surface area contributed by atoms with Crippen molar-refractivity contribution in [3.05, 3.63) is 42.4 Å². The highest BCUT2D eigenvalue weighted by Gasteiger charge is 2.12. The van der Waals surface area contributed by atoms with Crippen LogP contribution in [-0.2, 0) is 0 Å². The molecule has 6 nitrogen and oxygen atoms in total. The van der Waals surface area contributed by atoms with E-state index in [2.05, 4.69) is 34.4 Å². The third kappa shape index (κ3) is 5.22. The van der Waals surface area contributed by atoms with Crippen molar-refractivity contribution in [1.82, 2.24) is 9.97 Å². The van der Waals surface area contributed by atoms with E-state index in [-0.39, 0.29) is 12.0 Å². The summed E-state index contributed by atoms with van der Waals surface area (Å²) in [4.78, 5) is 20.6. The monoisotopic (exact) mass is 328 g/mol. The van der Waals surface area contributed by atoms with Gasteiger partial charge in [0.25, 0.3) is 5.91 Å². The van der Waals surface area contributed by atoms with Gasteiger partial charge in [0, 0.05) is 12.6 Å². The van der Waals surface area contributed by atoms with Crippen molar-refractivity contribution in [3.63, 3.8) is 0 Å². The van der Waals surface area contributed by atoms with Crippen molar-refractivity contribution in [1.29, 1.82) is 0 Å². The molecule has 6 heteroatoms. The Bertz CT molecular complexity index is 686. The van der Waals surface area contributed by atoms with Gasteiger partial charge in [-0.2, -0.15) is 0 Å². The summed E-state index contributed by atoms with van der Waals surface area (Å²) in [6, 6.07) is 8.98. The summed E-state index contributed by atoms with van der Waals surface area (Å²) in [7, 11) is 0. The second-order valence-corrected chi connectivity index (χ2v) is 6.18. The third-order valence-corrected chi connectivity index (χ3v) is 3.09. The first-order valence-electron chi connectivity index (χ1n) is 8.08. The maximum atomic E-state index is 12.5. The van der Waals surface area contributed by atoms with E-state index >= 15 is 0 Å². The standard InChI is InChI=1S/C18H24N4O2/c1-12(2)10-19-17-9-15(20-11-21-17)18(23)22-14-7-5-6-8-16(14)24-13(3)4/h5-9,11-13H,10H2,1-4H3,(H,22,23)(H,19,20,21). The zero-order valence-corrected chi connectivity index (χ0v) is 14.5. The number of aromatic nitrogens is 2. The number of nitrogens with zero attached hydrogens (tertiary/aromatic N) is 2. The van der Waals surface area contributed by atoms with Crippen molar-refractivity contribution in [3.8, 4) is 5.75 Å². The molecule has 0 bridgehead atoms. The second kappa shape index (κ2) is 8.29. The average Bonchev–Trinajstić information content (AvgIpc) is 2.54. The fourth-order valence-corrected chi connectivity index (χ4v) is 2.00. The van der Waals surface area contributed by atoms with E-state index < -0.39 is 0 Å². The highest BCUT2D eigenvalue weighted by Crippen LogP contribution is 2.25. The minimum Gasteiger partial charge on any atom is -0.489 e. The van der Waals surface area contributed by atoms with Crippen LogP contribution in [0.3, 0.4) is 0 Å². The summed E-state index contributed by atoms with van der Waals surface area (Å²) < 4.78 is 5.71. The Morgan fingerprint density at radius 2 is 1.92 bits per heavy atom. The molecule has 128 valence electrons. The van der Waals surface area contributed by atoms with Crippen LogP contribution >= 0.6 is 0 Å². The Kier molecular flexibility index (Phi) is 6.12. The Hall–Kier alpha value is -2.63. The lowest BCUT2D eigenvalue weighted by Gasteiger charge is -2.14. The van der Waals surface area contributed by atoms with Crippen LogP contribution in [0, 0.1) is 5.92 Å². The van der Waals surface area contributed by atoms with E-state index in [0.717, 1.165) is 6.54 Å². The topological polar surface area (TPSA) is 76.1 Å². The Morgan fingerprint density at radius 1 is 1.17 bits per heavy atom. The number of nitrogens with one attached hydrogen (secondary N) is 2. The predicted molar refractivity (Wildman–Crippen MR) is 95.5 cm³/mol. The molecule has 1 aromatic heterocycles. The summed E-state index contributed by atoms with van der Waals surface area (Å²) in [5.74, 6) is 1.45. The molecule has 1 heterocycles. The third-order valence-electron chi connectivity index (χ3n) is 3.09. The molecule has 0 fully saturated rings. The highest BCUT2D eigenvalue weighted by molar-refractivity contribution is 6.04. The molecule has 2 N–H and O–H groups in total. The lowest BCUT2D eigenvalue weighted by atomic mass is 10.2. The van der Waals surface area contributed by atoms with Crippen LogP contribution in [0.5, 0.6) is 5.75 Å². The van der Waals surface area contributed by atoms with Crippen LogP contribution in [-0.4, -0.2) is 28.5 Å². The van der Waals surface area contributed by atoms with Crippen molar-refractivity contribution in [2.75, 3.05) is 17.2 Å². The number of hydrogen-bond acceptors (Lipinski definition) is 5. The van der Waals surface area contributed by atoms with Gasteiger partial charge in [0.2, 0.25) is 0 Å². The molecular formula is C18H24N4O2. The van der Waals surface area contributed by atoms with Gasteiger partial charge in [-0.1, -0.05) is 26.0 Å². The van der Waals surface area contributed by atoms with Crippen LogP contribution in [0.2, 0.25) is 0 Å². The van der Waals surface area contributed by atoms with Gasteiger partial charge < -0.3 is 15.4 Å². The summed E-state index contributed by atoms with van der Waals surface area (Å²) in [5.41, 5.74) is 0.919. The van der Waals surface area contributed by atoms with Crippen LogP contribution in [0.4, 0.5) is 11.5 Å². The Balaban J connectivity index is 2.11. The van der Waals surface area contributed by atoms with E-state index in [1.54, 1.807) is 12.1 Å². The maximum absolute atomic E-state index is 12.5. The second-order valence-electron chi connectivity index (χ2n) is 6.18. The van der Waals surface area contributed by atoms with Gasteiger partial charge in [-0.25, -0.2) is 9.97 Å². The lowest BCUT2D eigenvalue weighted by molar-refractivity contribution is 0.102. The van der Waals surface area contributed by atoms with Crippen LogP contribution in [0.15, 0.2) is 36.7 Å². The minimum absolute atomic E-state index is 0.0222. The van der Waals surface area contributed by atoms with Gasteiger partial charge in [-0.05, 0) is 31.9 Å². The fourth-order valence-electron chi connectivity index (χ4n) is 2.00. The van der Waals surface area contributed by atoms with Crippen LogP contribution in [0.25, 0.3) is 0 Å². The number of anilines is 2. The number of carbonyl (C=O) groups is 1. The van der Waals surface area contributed by atoms with Gasteiger partial charge in [-0.15, -0.1) is 0 Å². The smallest absolute Gasteiger partial charge is 0.274 e. The first kappa shape index (κ1) is 17.7. The Morgan fingerprint density at radius 3 is 2.62 bits per heavy atom. The van der Waals surface area contributed by atoms with E-state index in [9.17, 15) is 4.79 Å². The molecular weight excluding hydrogens is 304 g/mol. The number of rotatable bonds is 7. The molecule has 24 heavy (non-hydrogen) atoms. The largest absolute Gasteiger partial charge is 0.489 e. The number of carbonyl (C=O) groups excluding carboxylic acids is 1. The highest BCUT2D eigenvalue weighted by atomic mass is 16.5. The fraction of sp³-hybridized carbons (Fsp3) is 0.389. The molecule has 0 aliphatic carbocycles. The van der Waals surface area contributed by atoms with Crippen molar-refractivity contribution < 1.29 is 9.53 Å². The molecule has 0 atom stereocenters. The molecule has 2 aromatic rings. The number of hydrogen-bond donors (Lipinski definition) is 2. The van der Waals surface area contributed by atoms with E-state index in [4.69, 9.17) is 4.74 Å². The van der Waals surface area contributed by atoms with Gasteiger partial charge in [0.05, 0.1) is 11.8 Å². The van der Waals surface area contributed by atoms with Crippen LogP contribution < -0.4 is 15.4 Å². The van der Waals surface area contributed by atoms with Crippen molar-refractivity contribution >= 4 is 17.4 Å². The minimum atomic E-state index is -0.301. The zero-order chi connectivity index (χ0) is 17.5. The van der Waals surface area contributed by atoms with Crippen LogP contribution in [0.1, 0.15) is 38.2 Å². The first-order valence-corrected chi connectivity index (χ1v) is 8.08. The molecule has 0 spiro atoms. The van der Waals surface area contributed by atoms with Gasteiger partial charge >= 0.3 is 0 Å². The summed E-state index contributed by atoms with van der Waals surface area (Å²) >= 11 is 0. The summed E-state index contributed by atoms with van der Waals surface area (Å²) in [6.07, 6.45) is 1.41. The molecule has 0 aliphatic heterocycles. The molecule has 0 unspecified atom stereocenters. The average molecular weight is 328 g/mol. The zero-order valence-electron chi connectivity index (χ0n) is 14.5. The van der Waals surface area contributed by atoms with Gasteiger partial charge in [0.15, 0.2) is 0 Å². The Labute approximate surface area is 142 Å². The molecule has 2 rings (SSSR count). The lowest BCUT2D eigenvalue weighted by Crippen LogP contribution is -2.17. The molecule has 0 saturated carbocycles. The predicted octanol–water partition coefficient (Wildman–Crippen LogP) is 3.58. The normalized spacial score (nSPS) is 10.8. The van der Waals surface area contributed by atoms with Gasteiger partial charge in [0.1, 0.15) is 23.6 Å².